The van der Waals surface area contributed by atoms with Gasteiger partial charge in [-0.05, 0) is 26.3 Å². The van der Waals surface area contributed by atoms with Crippen LogP contribution in [0.15, 0.2) is 24.7 Å². The first kappa shape index (κ1) is 13.3. The van der Waals surface area contributed by atoms with Crippen molar-refractivity contribution in [3.8, 4) is 5.88 Å². The SMILES string of the molecule is COc1ccnc(N[C@@H](C)[C@H](C)n2cc(C)cn2)n1. The average Bonchev–Trinajstić information content (AvgIpc) is 2.84. The molecular formula is C13H19N5O. The highest BCUT2D eigenvalue weighted by atomic mass is 16.5. The molecule has 2 aromatic heterocycles. The van der Waals surface area contributed by atoms with Crippen LogP contribution in [0.1, 0.15) is 25.5 Å². The molecule has 0 spiro atoms. The highest BCUT2D eigenvalue weighted by molar-refractivity contribution is 5.29. The zero-order chi connectivity index (χ0) is 13.8. The number of nitrogens with one attached hydrogen (secondary N) is 1. The van der Waals surface area contributed by atoms with Crippen LogP contribution in [0.2, 0.25) is 0 Å². The number of hydrogen-bond donors (Lipinski definition) is 1. The van der Waals surface area contributed by atoms with Gasteiger partial charge in [0.2, 0.25) is 11.8 Å². The van der Waals surface area contributed by atoms with Gasteiger partial charge in [0.1, 0.15) is 0 Å². The Labute approximate surface area is 112 Å². The zero-order valence-corrected chi connectivity index (χ0v) is 11.7. The third-order valence-electron chi connectivity index (χ3n) is 3.07. The average molecular weight is 261 g/mol. The Morgan fingerprint density at radius 2 is 2.16 bits per heavy atom. The molecule has 0 saturated heterocycles. The standard InChI is InChI=1S/C13H19N5O/c1-9-7-15-18(8-9)11(3)10(2)16-13-14-6-5-12(17-13)19-4/h5-8,10-11H,1-4H3,(H,14,16,17)/t10-,11-/m0/s1. The third-order valence-corrected chi connectivity index (χ3v) is 3.07. The fraction of sp³-hybridized carbons (Fsp3) is 0.462. The summed E-state index contributed by atoms with van der Waals surface area (Å²) in [6.45, 7) is 6.20. The molecule has 1 N–H and O–H groups in total. The minimum Gasteiger partial charge on any atom is -0.481 e. The Kier molecular flexibility index (Phi) is 3.99. The molecule has 6 nitrogen and oxygen atoms in total. The summed E-state index contributed by atoms with van der Waals surface area (Å²) in [6.07, 6.45) is 5.55. The largest absolute Gasteiger partial charge is 0.481 e. The quantitative estimate of drug-likeness (QED) is 0.892. The van der Waals surface area contributed by atoms with Crippen molar-refractivity contribution in [3.05, 3.63) is 30.2 Å². The minimum atomic E-state index is 0.145. The van der Waals surface area contributed by atoms with Gasteiger partial charge in [0.05, 0.1) is 19.3 Å². The molecule has 0 aromatic carbocycles. The summed E-state index contributed by atoms with van der Waals surface area (Å²) in [5, 5.41) is 7.58. The topological polar surface area (TPSA) is 64.9 Å². The van der Waals surface area contributed by atoms with E-state index in [0.29, 0.717) is 11.8 Å². The van der Waals surface area contributed by atoms with Crippen LogP contribution in [0.4, 0.5) is 5.95 Å². The van der Waals surface area contributed by atoms with Gasteiger partial charge in [-0.2, -0.15) is 10.1 Å². The number of anilines is 1. The number of methoxy groups -OCH3 is 1. The molecule has 0 aliphatic rings. The normalized spacial score (nSPS) is 13.9. The molecular weight excluding hydrogens is 242 g/mol. The van der Waals surface area contributed by atoms with Crippen LogP contribution in [-0.4, -0.2) is 32.9 Å². The molecule has 0 fully saturated rings. The summed E-state index contributed by atoms with van der Waals surface area (Å²) in [5.74, 6) is 1.11. The van der Waals surface area contributed by atoms with E-state index >= 15 is 0 Å². The van der Waals surface area contributed by atoms with Crippen LogP contribution < -0.4 is 10.1 Å². The Balaban J connectivity index is 2.05. The fourth-order valence-electron chi connectivity index (χ4n) is 1.73. The van der Waals surface area contributed by atoms with E-state index in [4.69, 9.17) is 4.74 Å². The van der Waals surface area contributed by atoms with Crippen molar-refractivity contribution >= 4 is 5.95 Å². The van der Waals surface area contributed by atoms with E-state index in [-0.39, 0.29) is 12.1 Å². The van der Waals surface area contributed by atoms with Gasteiger partial charge in [-0.3, -0.25) is 4.68 Å². The van der Waals surface area contributed by atoms with Gasteiger partial charge in [-0.15, -0.1) is 0 Å². The van der Waals surface area contributed by atoms with Crippen molar-refractivity contribution in [1.82, 2.24) is 19.7 Å². The molecule has 0 aliphatic heterocycles. The third kappa shape index (κ3) is 3.21. The first-order valence-electron chi connectivity index (χ1n) is 6.24. The second kappa shape index (κ2) is 5.69. The lowest BCUT2D eigenvalue weighted by atomic mass is 10.2. The monoisotopic (exact) mass is 261 g/mol. The van der Waals surface area contributed by atoms with Crippen molar-refractivity contribution in [2.75, 3.05) is 12.4 Å². The smallest absolute Gasteiger partial charge is 0.226 e. The lowest BCUT2D eigenvalue weighted by Gasteiger charge is -2.21. The van der Waals surface area contributed by atoms with Gasteiger partial charge in [-0.25, -0.2) is 4.98 Å². The Morgan fingerprint density at radius 1 is 1.37 bits per heavy atom. The number of ether oxygens (including phenoxy) is 1. The van der Waals surface area contributed by atoms with Crippen LogP contribution in [0.25, 0.3) is 0 Å². The van der Waals surface area contributed by atoms with Crippen molar-refractivity contribution in [2.24, 2.45) is 0 Å². The molecule has 19 heavy (non-hydrogen) atoms. The molecule has 0 aliphatic carbocycles. The zero-order valence-electron chi connectivity index (χ0n) is 11.7. The maximum Gasteiger partial charge on any atom is 0.226 e. The van der Waals surface area contributed by atoms with Gasteiger partial charge in [-0.1, -0.05) is 0 Å². The highest BCUT2D eigenvalue weighted by Gasteiger charge is 2.15. The van der Waals surface area contributed by atoms with E-state index in [1.165, 1.54) is 0 Å². The lowest BCUT2D eigenvalue weighted by molar-refractivity contribution is 0.396. The van der Waals surface area contributed by atoms with Crippen LogP contribution in [0.3, 0.4) is 0 Å². The predicted molar refractivity (Wildman–Crippen MR) is 73.3 cm³/mol. The number of nitrogens with zero attached hydrogens (tertiary/aromatic N) is 4. The fourth-order valence-corrected chi connectivity index (χ4v) is 1.73. The molecule has 0 amide bonds. The minimum absolute atomic E-state index is 0.145. The number of rotatable bonds is 5. The number of hydrogen-bond acceptors (Lipinski definition) is 5. The summed E-state index contributed by atoms with van der Waals surface area (Å²) >= 11 is 0. The van der Waals surface area contributed by atoms with E-state index in [0.717, 1.165) is 5.56 Å². The molecule has 0 saturated carbocycles. The number of aromatic nitrogens is 4. The summed E-state index contributed by atoms with van der Waals surface area (Å²) in [5.41, 5.74) is 1.15. The second-order valence-electron chi connectivity index (χ2n) is 4.59. The first-order chi connectivity index (χ1) is 9.10. The van der Waals surface area contributed by atoms with Crippen molar-refractivity contribution in [2.45, 2.75) is 32.9 Å². The Bertz CT molecular complexity index is 539. The van der Waals surface area contributed by atoms with Gasteiger partial charge < -0.3 is 10.1 Å². The van der Waals surface area contributed by atoms with E-state index in [1.807, 2.05) is 24.0 Å². The van der Waals surface area contributed by atoms with E-state index in [9.17, 15) is 0 Å². The molecule has 6 heteroatoms. The van der Waals surface area contributed by atoms with Gasteiger partial charge >= 0.3 is 0 Å². The highest BCUT2D eigenvalue weighted by Crippen LogP contribution is 2.15. The number of aryl methyl sites for hydroxylation is 1. The summed E-state index contributed by atoms with van der Waals surface area (Å²) in [4.78, 5) is 8.42. The molecule has 0 radical (unpaired) electrons. The Hall–Kier alpha value is -2.11. The summed E-state index contributed by atoms with van der Waals surface area (Å²) in [6, 6.07) is 2.06. The van der Waals surface area contributed by atoms with E-state index in [2.05, 4.69) is 34.2 Å². The Morgan fingerprint density at radius 3 is 2.79 bits per heavy atom. The lowest BCUT2D eigenvalue weighted by Crippen LogP contribution is -2.27. The molecule has 2 rings (SSSR count). The van der Waals surface area contributed by atoms with Crippen LogP contribution in [0, 0.1) is 6.92 Å². The van der Waals surface area contributed by atoms with Crippen LogP contribution >= 0.6 is 0 Å². The van der Waals surface area contributed by atoms with Crippen molar-refractivity contribution in [3.63, 3.8) is 0 Å². The van der Waals surface area contributed by atoms with Crippen molar-refractivity contribution < 1.29 is 4.74 Å². The van der Waals surface area contributed by atoms with Crippen LogP contribution in [-0.2, 0) is 0 Å². The van der Waals surface area contributed by atoms with Crippen molar-refractivity contribution in [1.29, 1.82) is 0 Å². The van der Waals surface area contributed by atoms with Gasteiger partial charge in [0, 0.05) is 24.5 Å². The molecule has 0 unspecified atom stereocenters. The van der Waals surface area contributed by atoms with Crippen LogP contribution in [0.5, 0.6) is 5.88 Å². The molecule has 2 aromatic rings. The molecule has 102 valence electrons. The second-order valence-corrected chi connectivity index (χ2v) is 4.59. The predicted octanol–water partition coefficient (Wildman–Crippen LogP) is 2.05. The van der Waals surface area contributed by atoms with E-state index < -0.39 is 0 Å². The first-order valence-corrected chi connectivity index (χ1v) is 6.24. The molecule has 2 atom stereocenters. The van der Waals surface area contributed by atoms with Gasteiger partial charge in [0.25, 0.3) is 0 Å². The summed E-state index contributed by atoms with van der Waals surface area (Å²) < 4.78 is 7.01. The molecule has 2 heterocycles. The summed E-state index contributed by atoms with van der Waals surface area (Å²) in [7, 11) is 1.59. The van der Waals surface area contributed by atoms with E-state index in [1.54, 1.807) is 19.4 Å². The van der Waals surface area contributed by atoms with Gasteiger partial charge in [0.15, 0.2) is 0 Å². The maximum absolute atomic E-state index is 5.08. The molecule has 0 bridgehead atoms. The maximum atomic E-state index is 5.08.